The summed E-state index contributed by atoms with van der Waals surface area (Å²) >= 11 is 0. The summed E-state index contributed by atoms with van der Waals surface area (Å²) in [4.78, 5) is 3.98. The number of rotatable bonds is 8. The molecule has 9 nitrogen and oxygen atoms in total. The van der Waals surface area contributed by atoms with Crippen molar-refractivity contribution in [3.8, 4) is 6.07 Å². The zero-order chi connectivity index (χ0) is 21.6. The van der Waals surface area contributed by atoms with Crippen molar-refractivity contribution in [2.45, 2.75) is 22.8 Å². The summed E-state index contributed by atoms with van der Waals surface area (Å²) in [6, 6.07) is 10.6. The third-order valence-corrected chi connectivity index (χ3v) is 8.40. The number of benzene rings is 1. The minimum absolute atomic E-state index is 0.0154. The van der Waals surface area contributed by atoms with Gasteiger partial charge in [-0.3, -0.25) is 4.98 Å². The molecule has 160 valence electrons. The average Bonchev–Trinajstić information content (AvgIpc) is 2.78. The molecule has 1 aromatic heterocycles. The Morgan fingerprint density at radius 1 is 1.07 bits per heavy atom. The molecule has 1 fully saturated rings. The second kappa shape index (κ2) is 9.63. The van der Waals surface area contributed by atoms with E-state index >= 15 is 0 Å². The summed E-state index contributed by atoms with van der Waals surface area (Å²) in [7, 11) is -7.65. The summed E-state index contributed by atoms with van der Waals surface area (Å²) in [6.07, 6.45) is 3.18. The Bertz CT molecular complexity index is 1090. The zero-order valence-electron chi connectivity index (χ0n) is 16.2. The van der Waals surface area contributed by atoms with E-state index in [0.717, 1.165) is 0 Å². The molecule has 0 spiro atoms. The van der Waals surface area contributed by atoms with Gasteiger partial charge in [-0.05, 0) is 35.9 Å². The monoisotopic (exact) mass is 450 g/mol. The summed E-state index contributed by atoms with van der Waals surface area (Å²) in [5.41, 5.74) is 0.686. The van der Waals surface area contributed by atoms with Gasteiger partial charge in [0.25, 0.3) is 0 Å². The lowest BCUT2D eigenvalue weighted by molar-refractivity contribution is 0.0730. The number of hydrogen-bond acceptors (Lipinski definition) is 7. The van der Waals surface area contributed by atoms with E-state index in [2.05, 4.69) is 4.98 Å². The van der Waals surface area contributed by atoms with E-state index in [-0.39, 0.29) is 42.4 Å². The lowest BCUT2D eigenvalue weighted by atomic mass is 10.3. The van der Waals surface area contributed by atoms with E-state index in [1.54, 1.807) is 24.5 Å². The molecule has 2 aromatic rings. The summed E-state index contributed by atoms with van der Waals surface area (Å²) in [5, 5.41) is 8.90. The van der Waals surface area contributed by atoms with Crippen molar-refractivity contribution in [3.05, 3.63) is 54.4 Å². The van der Waals surface area contributed by atoms with Gasteiger partial charge in [-0.25, -0.2) is 16.8 Å². The molecule has 3 rings (SSSR count). The van der Waals surface area contributed by atoms with Crippen molar-refractivity contribution in [2.24, 2.45) is 0 Å². The van der Waals surface area contributed by atoms with Gasteiger partial charge in [0.05, 0.1) is 29.1 Å². The lowest BCUT2D eigenvalue weighted by Gasteiger charge is -2.26. The first-order chi connectivity index (χ1) is 14.4. The fourth-order valence-corrected chi connectivity index (χ4v) is 5.86. The van der Waals surface area contributed by atoms with Gasteiger partial charge in [0.2, 0.25) is 20.0 Å². The minimum atomic E-state index is -3.93. The van der Waals surface area contributed by atoms with Gasteiger partial charge in [-0.1, -0.05) is 6.07 Å². The quantitative estimate of drug-likeness (QED) is 0.592. The Morgan fingerprint density at radius 3 is 2.33 bits per heavy atom. The molecule has 0 radical (unpaired) electrons. The van der Waals surface area contributed by atoms with Crippen molar-refractivity contribution in [3.63, 3.8) is 0 Å². The first-order valence-corrected chi connectivity index (χ1v) is 12.2. The molecular formula is C19H22N4O5S2. The van der Waals surface area contributed by atoms with Crippen LogP contribution >= 0.6 is 0 Å². The summed E-state index contributed by atoms with van der Waals surface area (Å²) in [5.74, 6) is 0. The molecule has 0 N–H and O–H groups in total. The van der Waals surface area contributed by atoms with Crippen LogP contribution in [0, 0.1) is 11.3 Å². The number of aromatic nitrogens is 1. The maximum absolute atomic E-state index is 13.1. The predicted octanol–water partition coefficient (Wildman–Crippen LogP) is 1.21. The van der Waals surface area contributed by atoms with Crippen LogP contribution in [0.15, 0.2) is 58.6 Å². The average molecular weight is 451 g/mol. The minimum Gasteiger partial charge on any atom is -0.379 e. The van der Waals surface area contributed by atoms with E-state index in [1.807, 2.05) is 6.07 Å². The first kappa shape index (κ1) is 22.3. The molecule has 30 heavy (non-hydrogen) atoms. The van der Waals surface area contributed by atoms with Gasteiger partial charge >= 0.3 is 0 Å². The molecule has 11 heteroatoms. The Kier molecular flexibility index (Phi) is 7.17. The molecule has 0 atom stereocenters. The molecule has 0 amide bonds. The Hall–Kier alpha value is -2.36. The van der Waals surface area contributed by atoms with Gasteiger partial charge in [-0.15, -0.1) is 0 Å². The highest BCUT2D eigenvalue weighted by atomic mass is 32.2. The number of sulfonamides is 2. The van der Waals surface area contributed by atoms with Gasteiger partial charge in [0.15, 0.2) is 0 Å². The van der Waals surface area contributed by atoms with Crippen molar-refractivity contribution < 1.29 is 21.6 Å². The normalized spacial score (nSPS) is 15.7. The highest BCUT2D eigenvalue weighted by molar-refractivity contribution is 7.89. The number of ether oxygens (including phenoxy) is 1. The van der Waals surface area contributed by atoms with Crippen LogP contribution in [0.5, 0.6) is 0 Å². The first-order valence-electron chi connectivity index (χ1n) is 9.29. The highest BCUT2D eigenvalue weighted by Gasteiger charge is 2.28. The number of hydrogen-bond donors (Lipinski definition) is 0. The maximum Gasteiger partial charge on any atom is 0.243 e. The van der Waals surface area contributed by atoms with Gasteiger partial charge in [0.1, 0.15) is 0 Å². The van der Waals surface area contributed by atoms with Gasteiger partial charge in [-0.2, -0.15) is 13.9 Å². The topological polar surface area (TPSA) is 121 Å². The maximum atomic E-state index is 13.1. The van der Waals surface area contributed by atoms with Crippen LogP contribution in [0.25, 0.3) is 0 Å². The third-order valence-electron chi connectivity index (χ3n) is 4.62. The standard InChI is InChI=1S/C19H22N4O5S2/c20-8-2-10-23(16-17-3-1-9-21-15-17)30(26,27)19-6-4-18(5-7-19)29(24,25)22-11-13-28-14-12-22/h1,3-7,9,15H,2,10-14,16H2. The van der Waals surface area contributed by atoms with Crippen LogP contribution in [0.4, 0.5) is 0 Å². The Balaban J connectivity index is 1.85. The van der Waals surface area contributed by atoms with E-state index in [0.29, 0.717) is 18.8 Å². The molecule has 0 bridgehead atoms. The van der Waals surface area contributed by atoms with Crippen LogP contribution in [0.1, 0.15) is 12.0 Å². The highest BCUT2D eigenvalue weighted by Crippen LogP contribution is 2.23. The lowest BCUT2D eigenvalue weighted by Crippen LogP contribution is -2.40. The van der Waals surface area contributed by atoms with Crippen molar-refractivity contribution in [2.75, 3.05) is 32.8 Å². The fraction of sp³-hybridized carbons (Fsp3) is 0.368. The summed E-state index contributed by atoms with van der Waals surface area (Å²) < 4.78 is 59.4. The summed E-state index contributed by atoms with van der Waals surface area (Å²) in [6.45, 7) is 1.25. The predicted molar refractivity (Wildman–Crippen MR) is 108 cm³/mol. The fourth-order valence-electron chi connectivity index (χ4n) is 3.02. The van der Waals surface area contributed by atoms with Crippen LogP contribution in [0.3, 0.4) is 0 Å². The molecule has 1 aromatic carbocycles. The Labute approximate surface area is 176 Å². The smallest absolute Gasteiger partial charge is 0.243 e. The van der Waals surface area contributed by atoms with E-state index in [4.69, 9.17) is 10.00 Å². The van der Waals surface area contributed by atoms with Crippen molar-refractivity contribution >= 4 is 20.0 Å². The number of nitrogens with zero attached hydrogens (tertiary/aromatic N) is 4. The van der Waals surface area contributed by atoms with E-state index in [9.17, 15) is 16.8 Å². The molecule has 0 saturated carbocycles. The molecule has 2 heterocycles. The second-order valence-corrected chi connectivity index (χ2v) is 10.5. The van der Waals surface area contributed by atoms with E-state index in [1.165, 1.54) is 32.9 Å². The molecule has 0 unspecified atom stereocenters. The van der Waals surface area contributed by atoms with Gasteiger partial charge < -0.3 is 4.74 Å². The van der Waals surface area contributed by atoms with Gasteiger partial charge in [0, 0.05) is 45.0 Å². The van der Waals surface area contributed by atoms with Crippen LogP contribution < -0.4 is 0 Å². The van der Waals surface area contributed by atoms with Crippen molar-refractivity contribution in [1.29, 1.82) is 5.26 Å². The second-order valence-electron chi connectivity index (χ2n) is 6.60. The van der Waals surface area contributed by atoms with Crippen molar-refractivity contribution in [1.82, 2.24) is 13.6 Å². The van der Waals surface area contributed by atoms with E-state index < -0.39 is 20.0 Å². The number of pyridine rings is 1. The third kappa shape index (κ3) is 5.03. The van der Waals surface area contributed by atoms with Crippen LogP contribution in [0.2, 0.25) is 0 Å². The molecule has 0 aliphatic carbocycles. The number of morpholine rings is 1. The molecular weight excluding hydrogens is 428 g/mol. The van der Waals surface area contributed by atoms with Crippen LogP contribution in [-0.2, 0) is 31.3 Å². The van der Waals surface area contributed by atoms with Crippen LogP contribution in [-0.4, -0.2) is 63.3 Å². The SMILES string of the molecule is N#CCCN(Cc1cccnc1)S(=O)(=O)c1ccc(S(=O)(=O)N2CCOCC2)cc1. The molecule has 1 saturated heterocycles. The Morgan fingerprint density at radius 2 is 1.73 bits per heavy atom. The largest absolute Gasteiger partial charge is 0.379 e. The molecule has 1 aliphatic rings. The molecule has 1 aliphatic heterocycles. The zero-order valence-corrected chi connectivity index (χ0v) is 17.8. The number of nitriles is 1.